The topological polar surface area (TPSA) is 58.2 Å². The maximum atomic E-state index is 12.4. The van der Waals surface area contributed by atoms with Crippen molar-refractivity contribution in [2.75, 3.05) is 5.32 Å². The van der Waals surface area contributed by atoms with Gasteiger partial charge >= 0.3 is 0 Å². The van der Waals surface area contributed by atoms with Crippen LogP contribution in [0.25, 0.3) is 0 Å². The summed E-state index contributed by atoms with van der Waals surface area (Å²) >= 11 is 0. The highest BCUT2D eigenvalue weighted by Gasteiger charge is 2.31. The third-order valence-electron chi connectivity index (χ3n) is 4.25. The number of nitrogens with one attached hydrogen (secondary N) is 2. The van der Waals surface area contributed by atoms with Crippen molar-refractivity contribution in [2.24, 2.45) is 11.8 Å². The molecule has 1 fully saturated rings. The van der Waals surface area contributed by atoms with Gasteiger partial charge < -0.3 is 10.6 Å². The molecule has 0 aliphatic heterocycles. The molecule has 1 aliphatic carbocycles. The Hall–Kier alpha value is -1.84. The molecule has 126 valence electrons. The number of hydrogen-bond donors (Lipinski definition) is 2. The Morgan fingerprint density at radius 1 is 1.00 bits per heavy atom. The first kappa shape index (κ1) is 17.5. The lowest BCUT2D eigenvalue weighted by Gasteiger charge is -2.30. The highest BCUT2D eigenvalue weighted by Crippen LogP contribution is 2.30. The van der Waals surface area contributed by atoms with Gasteiger partial charge in [-0.3, -0.25) is 9.59 Å². The van der Waals surface area contributed by atoms with E-state index >= 15 is 0 Å². The molecule has 0 atom stereocenters. The highest BCUT2D eigenvalue weighted by molar-refractivity contribution is 5.92. The minimum atomic E-state index is -0.198. The maximum Gasteiger partial charge on any atom is 0.227 e. The van der Waals surface area contributed by atoms with Gasteiger partial charge in [-0.25, -0.2) is 0 Å². The zero-order valence-corrected chi connectivity index (χ0v) is 14.6. The number of amides is 2. The van der Waals surface area contributed by atoms with Crippen molar-refractivity contribution < 1.29 is 9.59 Å². The molecule has 0 aromatic heterocycles. The van der Waals surface area contributed by atoms with Gasteiger partial charge in [0.05, 0.1) is 0 Å². The first-order valence-corrected chi connectivity index (χ1v) is 8.44. The van der Waals surface area contributed by atoms with E-state index in [9.17, 15) is 9.59 Å². The van der Waals surface area contributed by atoms with Crippen LogP contribution in [0.1, 0.15) is 52.0 Å². The monoisotopic (exact) mass is 316 g/mol. The molecule has 4 heteroatoms. The third-order valence-corrected chi connectivity index (χ3v) is 4.25. The predicted molar refractivity (Wildman–Crippen MR) is 93.2 cm³/mol. The smallest absolute Gasteiger partial charge is 0.227 e. The van der Waals surface area contributed by atoms with Gasteiger partial charge in [-0.15, -0.1) is 0 Å². The fourth-order valence-corrected chi connectivity index (χ4v) is 3.06. The summed E-state index contributed by atoms with van der Waals surface area (Å²) in [4.78, 5) is 24.6. The van der Waals surface area contributed by atoms with Gasteiger partial charge in [0.1, 0.15) is 0 Å². The second-order valence-electron chi connectivity index (χ2n) is 7.65. The zero-order chi connectivity index (χ0) is 17.0. The van der Waals surface area contributed by atoms with Crippen molar-refractivity contribution in [1.29, 1.82) is 0 Å². The number of hydrogen-bond acceptors (Lipinski definition) is 2. The van der Waals surface area contributed by atoms with Crippen LogP contribution in [0.15, 0.2) is 24.3 Å². The summed E-state index contributed by atoms with van der Waals surface area (Å²) in [6, 6.07) is 7.83. The predicted octanol–water partition coefficient (Wildman–Crippen LogP) is 3.65. The quantitative estimate of drug-likeness (QED) is 0.894. The molecule has 0 heterocycles. The Labute approximate surface area is 139 Å². The summed E-state index contributed by atoms with van der Waals surface area (Å²) in [5.41, 5.74) is 1.78. The van der Waals surface area contributed by atoms with E-state index in [1.807, 2.05) is 52.0 Å². The van der Waals surface area contributed by atoms with E-state index < -0.39 is 0 Å². The van der Waals surface area contributed by atoms with Crippen molar-refractivity contribution in [2.45, 2.75) is 58.9 Å². The number of carbonyl (C=O) groups excluding carboxylic acids is 2. The molecule has 1 aromatic carbocycles. The molecule has 0 unspecified atom stereocenters. The van der Waals surface area contributed by atoms with Crippen molar-refractivity contribution in [3.63, 3.8) is 0 Å². The normalized spacial score (nSPS) is 21.6. The average Bonchev–Trinajstić information content (AvgIpc) is 2.45. The van der Waals surface area contributed by atoms with Crippen molar-refractivity contribution in [3.8, 4) is 0 Å². The summed E-state index contributed by atoms with van der Waals surface area (Å²) in [7, 11) is 0. The molecular formula is C19H28N2O2. The SMILES string of the molecule is Cc1cccc(NC(=O)C2CCC(C(=O)NC(C)(C)C)CC2)c1. The van der Waals surface area contributed by atoms with Crippen molar-refractivity contribution in [3.05, 3.63) is 29.8 Å². The second-order valence-corrected chi connectivity index (χ2v) is 7.65. The second kappa shape index (κ2) is 7.16. The Morgan fingerprint density at radius 2 is 1.57 bits per heavy atom. The van der Waals surface area contributed by atoms with E-state index in [1.54, 1.807) is 0 Å². The van der Waals surface area contributed by atoms with Crippen LogP contribution < -0.4 is 10.6 Å². The summed E-state index contributed by atoms with van der Waals surface area (Å²) < 4.78 is 0. The summed E-state index contributed by atoms with van der Waals surface area (Å²) in [6.45, 7) is 7.98. The minimum absolute atomic E-state index is 0.00852. The van der Waals surface area contributed by atoms with Crippen molar-refractivity contribution in [1.82, 2.24) is 5.32 Å². The van der Waals surface area contributed by atoms with Crippen LogP contribution >= 0.6 is 0 Å². The summed E-state index contributed by atoms with van der Waals surface area (Å²) in [5, 5.41) is 6.03. The largest absolute Gasteiger partial charge is 0.351 e. The zero-order valence-electron chi connectivity index (χ0n) is 14.6. The Morgan fingerprint density at radius 3 is 2.09 bits per heavy atom. The fraction of sp³-hybridized carbons (Fsp3) is 0.579. The van der Waals surface area contributed by atoms with E-state index in [0.29, 0.717) is 0 Å². The highest BCUT2D eigenvalue weighted by atomic mass is 16.2. The summed E-state index contributed by atoms with van der Waals surface area (Å²) in [6.07, 6.45) is 3.13. The lowest BCUT2D eigenvalue weighted by atomic mass is 9.81. The van der Waals surface area contributed by atoms with Crippen LogP contribution in [0.2, 0.25) is 0 Å². The maximum absolute atomic E-state index is 12.4. The standard InChI is InChI=1S/C19H28N2O2/c1-13-6-5-7-16(12-13)20-17(22)14-8-10-15(11-9-14)18(23)21-19(2,3)4/h5-7,12,14-15H,8-11H2,1-4H3,(H,20,22)(H,21,23). The molecule has 2 N–H and O–H groups in total. The molecule has 0 spiro atoms. The lowest BCUT2D eigenvalue weighted by Crippen LogP contribution is -2.45. The number of carbonyl (C=O) groups is 2. The summed E-state index contributed by atoms with van der Waals surface area (Å²) in [5.74, 6) is 0.242. The first-order chi connectivity index (χ1) is 10.7. The van der Waals surface area contributed by atoms with Gasteiger partial charge in [0.2, 0.25) is 11.8 Å². The van der Waals surface area contributed by atoms with Crippen LogP contribution in [0, 0.1) is 18.8 Å². The molecule has 1 saturated carbocycles. The third kappa shape index (κ3) is 5.38. The van der Waals surface area contributed by atoms with Crippen LogP contribution in [0.4, 0.5) is 5.69 Å². The molecule has 1 aliphatic rings. The van der Waals surface area contributed by atoms with Crippen LogP contribution in [0.3, 0.4) is 0 Å². The molecular weight excluding hydrogens is 288 g/mol. The number of anilines is 1. The van der Waals surface area contributed by atoms with E-state index in [1.165, 1.54) is 0 Å². The van der Waals surface area contributed by atoms with Gasteiger partial charge in [0.25, 0.3) is 0 Å². The Bertz CT molecular complexity index is 567. The fourth-order valence-electron chi connectivity index (χ4n) is 3.06. The van der Waals surface area contributed by atoms with Gasteiger partial charge in [0.15, 0.2) is 0 Å². The molecule has 4 nitrogen and oxygen atoms in total. The first-order valence-electron chi connectivity index (χ1n) is 8.44. The molecule has 23 heavy (non-hydrogen) atoms. The molecule has 2 rings (SSSR count). The number of aryl methyl sites for hydroxylation is 1. The molecule has 0 bridgehead atoms. The van der Waals surface area contributed by atoms with Gasteiger partial charge in [-0.05, 0) is 71.1 Å². The number of rotatable bonds is 3. The van der Waals surface area contributed by atoms with Crippen LogP contribution in [-0.2, 0) is 9.59 Å². The van der Waals surface area contributed by atoms with Gasteiger partial charge in [-0.2, -0.15) is 0 Å². The number of benzene rings is 1. The van der Waals surface area contributed by atoms with Crippen LogP contribution in [-0.4, -0.2) is 17.4 Å². The molecule has 2 amide bonds. The van der Waals surface area contributed by atoms with E-state index in [4.69, 9.17) is 0 Å². The van der Waals surface area contributed by atoms with Gasteiger partial charge in [-0.1, -0.05) is 12.1 Å². The van der Waals surface area contributed by atoms with Crippen molar-refractivity contribution >= 4 is 17.5 Å². The van der Waals surface area contributed by atoms with E-state index in [-0.39, 0.29) is 29.2 Å². The van der Waals surface area contributed by atoms with Gasteiger partial charge in [0, 0.05) is 23.1 Å². The van der Waals surface area contributed by atoms with E-state index in [0.717, 1.165) is 36.9 Å². The minimum Gasteiger partial charge on any atom is -0.351 e. The Balaban J connectivity index is 1.84. The Kier molecular flexibility index (Phi) is 5.45. The molecule has 0 saturated heterocycles. The van der Waals surface area contributed by atoms with Crippen LogP contribution in [0.5, 0.6) is 0 Å². The molecule has 0 radical (unpaired) electrons. The van der Waals surface area contributed by atoms with E-state index in [2.05, 4.69) is 10.6 Å². The average molecular weight is 316 g/mol. The molecule has 1 aromatic rings. The lowest BCUT2D eigenvalue weighted by molar-refractivity contribution is -0.129.